The van der Waals surface area contributed by atoms with E-state index in [4.69, 9.17) is 10.5 Å². The van der Waals surface area contributed by atoms with Crippen molar-refractivity contribution in [2.24, 2.45) is 11.7 Å². The number of nitrogens with zero attached hydrogens (tertiary/aromatic N) is 3. The molecule has 0 bridgehead atoms. The van der Waals surface area contributed by atoms with Crippen LogP contribution in [0.15, 0.2) is 18.5 Å². The number of nitrogens with two attached hydrogens (primary N) is 1. The largest absolute Gasteiger partial charge is 0.444 e. The fourth-order valence-corrected chi connectivity index (χ4v) is 4.01. The molecule has 2 heterocycles. The molecule has 1 amide bonds. The first-order valence-electron chi connectivity index (χ1n) is 11.7. The Balaban J connectivity index is 1.78. The Hall–Kier alpha value is -2.54. The maximum Gasteiger partial charge on any atom is 0.408 e. The predicted octanol–water partition coefficient (Wildman–Crippen LogP) is 4.49. The van der Waals surface area contributed by atoms with Gasteiger partial charge in [0, 0.05) is 25.9 Å². The van der Waals surface area contributed by atoms with Gasteiger partial charge in [-0.05, 0) is 58.1 Å². The number of ether oxygens (including phenoxy) is 1. The van der Waals surface area contributed by atoms with Crippen LogP contribution in [0.2, 0.25) is 0 Å². The summed E-state index contributed by atoms with van der Waals surface area (Å²) in [5, 5.41) is 9.72. The highest BCUT2D eigenvalue weighted by atomic mass is 19.4. The van der Waals surface area contributed by atoms with Crippen molar-refractivity contribution in [1.82, 2.24) is 25.2 Å². The summed E-state index contributed by atoms with van der Waals surface area (Å²) in [5.41, 5.74) is 3.61. The van der Waals surface area contributed by atoms with E-state index in [0.717, 1.165) is 6.92 Å². The van der Waals surface area contributed by atoms with E-state index in [-0.39, 0.29) is 38.1 Å². The average Bonchev–Trinajstić information content (AvgIpc) is 3.13. The second-order valence-electron chi connectivity index (χ2n) is 10.7. The zero-order chi connectivity index (χ0) is 26.9. The molecule has 13 heteroatoms. The van der Waals surface area contributed by atoms with Crippen LogP contribution < -0.4 is 16.4 Å². The molecule has 0 unspecified atom stereocenters. The Kier molecular flexibility index (Phi) is 7.85. The molecule has 3 rings (SSSR count). The number of amides is 1. The van der Waals surface area contributed by atoms with E-state index in [0.29, 0.717) is 16.9 Å². The fourth-order valence-electron chi connectivity index (χ4n) is 4.01. The number of hydrogen-bond donors (Lipinski definition) is 3. The molecule has 1 fully saturated rings. The number of hydrogen-bond acceptors (Lipinski definition) is 6. The molecular weight excluding hydrogens is 487 g/mol. The Morgan fingerprint density at radius 1 is 1.25 bits per heavy atom. The second-order valence-corrected chi connectivity index (χ2v) is 10.7. The van der Waals surface area contributed by atoms with Crippen LogP contribution >= 0.6 is 0 Å². The van der Waals surface area contributed by atoms with Crippen LogP contribution in [0.1, 0.15) is 70.7 Å². The molecule has 1 aliphatic rings. The SMILES string of the molecule is CC(C)(C)OC(=O)N[C@H](c1cn2ncc(CNC[C@](C)(N)C(F)(F)F)cc2n1)C1CCC(F)(F)CC1. The highest BCUT2D eigenvalue weighted by Gasteiger charge is 2.47. The van der Waals surface area contributed by atoms with Crippen molar-refractivity contribution in [1.29, 1.82) is 0 Å². The lowest BCUT2D eigenvalue weighted by Crippen LogP contribution is -2.57. The minimum Gasteiger partial charge on any atom is -0.444 e. The van der Waals surface area contributed by atoms with Gasteiger partial charge in [-0.25, -0.2) is 23.1 Å². The molecule has 1 saturated carbocycles. The van der Waals surface area contributed by atoms with Crippen molar-refractivity contribution < 1.29 is 31.5 Å². The predicted molar refractivity (Wildman–Crippen MR) is 122 cm³/mol. The third-order valence-corrected chi connectivity index (χ3v) is 6.09. The van der Waals surface area contributed by atoms with Crippen LogP contribution in [-0.4, -0.2) is 50.5 Å². The van der Waals surface area contributed by atoms with E-state index in [1.165, 1.54) is 10.7 Å². The van der Waals surface area contributed by atoms with E-state index in [9.17, 15) is 26.7 Å². The molecule has 2 atom stereocenters. The lowest BCUT2D eigenvalue weighted by Gasteiger charge is -2.33. The molecule has 36 heavy (non-hydrogen) atoms. The van der Waals surface area contributed by atoms with Gasteiger partial charge in [0.05, 0.1) is 24.1 Å². The van der Waals surface area contributed by atoms with E-state index in [1.807, 2.05) is 0 Å². The Morgan fingerprint density at radius 3 is 2.47 bits per heavy atom. The highest BCUT2D eigenvalue weighted by molar-refractivity contribution is 5.68. The van der Waals surface area contributed by atoms with Crippen LogP contribution in [0.25, 0.3) is 5.65 Å². The standard InChI is InChI=1S/C23H33F5N6O2/c1-20(2,3)36-19(35)33-18(15-5-7-22(24,25)8-6-15)16-12-34-17(32-16)9-14(11-31-34)10-30-13-21(4,29)23(26,27)28/h9,11-12,15,18,30H,5-8,10,13,29H2,1-4H3,(H,33,35)/t18-,21-/m0/s1. The highest BCUT2D eigenvalue weighted by Crippen LogP contribution is 2.41. The summed E-state index contributed by atoms with van der Waals surface area (Å²) >= 11 is 0. The monoisotopic (exact) mass is 520 g/mol. The number of imidazole rings is 1. The summed E-state index contributed by atoms with van der Waals surface area (Å²) < 4.78 is 73.2. The van der Waals surface area contributed by atoms with Gasteiger partial charge in [0.1, 0.15) is 11.1 Å². The van der Waals surface area contributed by atoms with Crippen molar-refractivity contribution in [3.8, 4) is 0 Å². The van der Waals surface area contributed by atoms with E-state index in [2.05, 4.69) is 20.7 Å². The molecule has 0 saturated heterocycles. The molecule has 2 aromatic heterocycles. The van der Waals surface area contributed by atoms with Crippen LogP contribution in [0.4, 0.5) is 26.7 Å². The molecule has 4 N–H and O–H groups in total. The molecule has 2 aromatic rings. The Morgan fingerprint density at radius 2 is 1.89 bits per heavy atom. The van der Waals surface area contributed by atoms with Gasteiger partial charge >= 0.3 is 12.3 Å². The zero-order valence-electron chi connectivity index (χ0n) is 20.8. The number of carbonyl (C=O) groups excluding carboxylic acids is 1. The maximum absolute atomic E-state index is 13.8. The van der Waals surface area contributed by atoms with Crippen molar-refractivity contribution in [2.75, 3.05) is 6.54 Å². The van der Waals surface area contributed by atoms with Gasteiger partial charge < -0.3 is 21.1 Å². The normalized spacial score (nSPS) is 19.6. The van der Waals surface area contributed by atoms with Crippen LogP contribution in [0.5, 0.6) is 0 Å². The third-order valence-electron chi connectivity index (χ3n) is 6.09. The molecule has 0 radical (unpaired) electrons. The number of nitrogens with one attached hydrogen (secondary N) is 2. The number of alkyl carbamates (subject to hydrolysis) is 1. The minimum absolute atomic E-state index is 0.0753. The van der Waals surface area contributed by atoms with E-state index < -0.39 is 41.9 Å². The smallest absolute Gasteiger partial charge is 0.408 e. The van der Waals surface area contributed by atoms with Gasteiger partial charge in [0.2, 0.25) is 5.92 Å². The second kappa shape index (κ2) is 10.1. The molecule has 0 spiro atoms. The van der Waals surface area contributed by atoms with Gasteiger partial charge in [-0.1, -0.05) is 0 Å². The van der Waals surface area contributed by atoms with Gasteiger partial charge in [0.25, 0.3) is 0 Å². The summed E-state index contributed by atoms with van der Waals surface area (Å²) in [6.07, 6.45) is -2.35. The lowest BCUT2D eigenvalue weighted by molar-refractivity contribution is -0.179. The lowest BCUT2D eigenvalue weighted by atomic mass is 9.81. The van der Waals surface area contributed by atoms with Crippen LogP contribution in [0.3, 0.4) is 0 Å². The maximum atomic E-state index is 13.8. The summed E-state index contributed by atoms with van der Waals surface area (Å²) in [7, 11) is 0. The molecule has 8 nitrogen and oxygen atoms in total. The molecule has 0 aromatic carbocycles. The number of halogens is 5. The molecule has 0 aliphatic heterocycles. The Bertz CT molecular complexity index is 1050. The van der Waals surface area contributed by atoms with Gasteiger partial charge in [0.15, 0.2) is 5.65 Å². The van der Waals surface area contributed by atoms with Gasteiger partial charge in [-0.2, -0.15) is 18.3 Å². The first kappa shape index (κ1) is 28.0. The van der Waals surface area contributed by atoms with Crippen molar-refractivity contribution in [3.63, 3.8) is 0 Å². The summed E-state index contributed by atoms with van der Waals surface area (Å²) in [4.78, 5) is 17.1. The Labute approximate surface area is 206 Å². The van der Waals surface area contributed by atoms with E-state index >= 15 is 0 Å². The quantitative estimate of drug-likeness (QED) is 0.465. The van der Waals surface area contributed by atoms with Crippen molar-refractivity contribution in [2.45, 2.75) is 89.2 Å². The number of rotatable bonds is 7. The van der Waals surface area contributed by atoms with Crippen LogP contribution in [0, 0.1) is 5.92 Å². The number of aromatic nitrogens is 3. The van der Waals surface area contributed by atoms with Crippen molar-refractivity contribution in [3.05, 3.63) is 29.7 Å². The number of fused-ring (bicyclic) bond motifs is 1. The first-order chi connectivity index (χ1) is 16.5. The molecule has 202 valence electrons. The zero-order valence-corrected chi connectivity index (χ0v) is 20.8. The molecule has 1 aliphatic carbocycles. The first-order valence-corrected chi connectivity index (χ1v) is 11.7. The third kappa shape index (κ3) is 7.25. The summed E-state index contributed by atoms with van der Waals surface area (Å²) in [6, 6.07) is 0.966. The minimum atomic E-state index is -4.56. The summed E-state index contributed by atoms with van der Waals surface area (Å²) in [6.45, 7) is 5.64. The number of carbonyl (C=O) groups is 1. The van der Waals surface area contributed by atoms with E-state index in [1.54, 1.807) is 33.0 Å². The fraction of sp³-hybridized carbons (Fsp3) is 0.696. The average molecular weight is 521 g/mol. The van der Waals surface area contributed by atoms with Crippen molar-refractivity contribution >= 4 is 11.7 Å². The number of alkyl halides is 5. The molecular formula is C23H33F5N6O2. The van der Waals surface area contributed by atoms with Gasteiger partial charge in [-0.15, -0.1) is 0 Å². The topological polar surface area (TPSA) is 107 Å². The van der Waals surface area contributed by atoms with Crippen LogP contribution in [-0.2, 0) is 11.3 Å². The van der Waals surface area contributed by atoms with Gasteiger partial charge in [-0.3, -0.25) is 0 Å². The summed E-state index contributed by atoms with van der Waals surface area (Å²) in [5.74, 6) is -3.02.